The lowest BCUT2D eigenvalue weighted by atomic mass is 10.1. The van der Waals surface area contributed by atoms with Crippen LogP contribution in [0.5, 0.6) is 0 Å². The quantitative estimate of drug-likeness (QED) is 0.760. The molecule has 2 aromatic rings. The van der Waals surface area contributed by atoms with Crippen molar-refractivity contribution in [3.8, 4) is 0 Å². The molecule has 8 heteroatoms. The summed E-state index contributed by atoms with van der Waals surface area (Å²) in [5, 5.41) is 2.55. The lowest BCUT2D eigenvalue weighted by Gasteiger charge is -2.17. The van der Waals surface area contributed by atoms with Crippen LogP contribution in [0, 0.1) is 0 Å². The normalized spacial score (nSPS) is 19.2. The van der Waals surface area contributed by atoms with Gasteiger partial charge in [-0.05, 0) is 35.5 Å². The van der Waals surface area contributed by atoms with Crippen molar-refractivity contribution < 1.29 is 14.4 Å². The molecule has 0 aliphatic carbocycles. The molecule has 26 heavy (non-hydrogen) atoms. The molecule has 2 heterocycles. The van der Waals surface area contributed by atoms with Gasteiger partial charge in [-0.25, -0.2) is 0 Å². The number of fused-ring (bicyclic) bond motifs is 1. The van der Waals surface area contributed by atoms with Crippen LogP contribution in [0.1, 0.15) is 11.1 Å². The third-order valence-corrected chi connectivity index (χ3v) is 5.71. The first-order valence-corrected chi connectivity index (χ1v) is 9.15. The number of nitrogens with one attached hydrogen (secondary N) is 1. The maximum atomic E-state index is 13.1. The predicted octanol–water partition coefficient (Wildman–Crippen LogP) is 4.23. The maximum Gasteiger partial charge on any atom is 0.290 e. The Balaban J connectivity index is 1.79. The van der Waals surface area contributed by atoms with Crippen LogP contribution in [0.3, 0.4) is 0 Å². The molecule has 2 aliphatic heterocycles. The fourth-order valence-corrected chi connectivity index (χ4v) is 4.05. The van der Waals surface area contributed by atoms with E-state index in [2.05, 4.69) is 5.32 Å². The van der Waals surface area contributed by atoms with E-state index in [1.165, 1.54) is 0 Å². The van der Waals surface area contributed by atoms with Crippen molar-refractivity contribution in [3.05, 3.63) is 68.5 Å². The Morgan fingerprint density at radius 2 is 1.77 bits per heavy atom. The Labute approximate surface area is 163 Å². The monoisotopic (exact) mass is 404 g/mol. The van der Waals surface area contributed by atoms with Gasteiger partial charge in [0.25, 0.3) is 17.1 Å². The highest BCUT2D eigenvalue weighted by Crippen LogP contribution is 2.43. The smallest absolute Gasteiger partial charge is 0.290 e. The minimum absolute atomic E-state index is 0.129. The second-order valence-electron chi connectivity index (χ2n) is 5.70. The predicted molar refractivity (Wildman–Crippen MR) is 102 cm³/mol. The summed E-state index contributed by atoms with van der Waals surface area (Å²) in [7, 11) is 0. The molecule has 130 valence electrons. The number of imide groups is 1. The number of para-hydroxylation sites is 1. The molecule has 1 N–H and O–H groups in total. The molecule has 0 saturated carbocycles. The molecule has 0 bridgehead atoms. The van der Waals surface area contributed by atoms with E-state index in [1.807, 2.05) is 6.07 Å². The number of rotatable bonds is 2. The highest BCUT2D eigenvalue weighted by Gasteiger charge is 2.39. The number of benzene rings is 2. The molecule has 1 saturated heterocycles. The second-order valence-corrected chi connectivity index (χ2v) is 7.50. The highest BCUT2D eigenvalue weighted by molar-refractivity contribution is 8.18. The second kappa shape index (κ2) is 6.46. The van der Waals surface area contributed by atoms with Crippen LogP contribution in [0.25, 0.3) is 5.57 Å². The highest BCUT2D eigenvalue weighted by atomic mass is 35.5. The molecule has 0 unspecified atom stereocenters. The zero-order valence-corrected chi connectivity index (χ0v) is 15.4. The molecule has 0 radical (unpaired) electrons. The average molecular weight is 405 g/mol. The van der Waals surface area contributed by atoms with Crippen molar-refractivity contribution in [2.45, 2.75) is 6.54 Å². The van der Waals surface area contributed by atoms with Gasteiger partial charge in [-0.1, -0.05) is 47.5 Å². The van der Waals surface area contributed by atoms with Crippen LogP contribution >= 0.6 is 35.0 Å². The third-order valence-electron chi connectivity index (χ3n) is 4.09. The molecule has 1 fully saturated rings. The molecule has 4 rings (SSSR count). The standard InChI is InChI=1S/C18H10Cl2N2O3S/c19-11-6-5-9(7-12(11)20)8-22-13-4-2-1-3-10(13)14(17(22)24)15-16(23)21-18(25)26-15/h1-7H,8H2,(H,21,23,25). The van der Waals surface area contributed by atoms with E-state index in [9.17, 15) is 14.4 Å². The van der Waals surface area contributed by atoms with Crippen LogP contribution in [0.4, 0.5) is 10.5 Å². The van der Waals surface area contributed by atoms with Crippen LogP contribution in [0.15, 0.2) is 47.4 Å². The molecular weight excluding hydrogens is 395 g/mol. The zero-order chi connectivity index (χ0) is 18.4. The van der Waals surface area contributed by atoms with E-state index in [4.69, 9.17) is 23.2 Å². The van der Waals surface area contributed by atoms with Gasteiger partial charge in [0.2, 0.25) is 0 Å². The summed E-state index contributed by atoms with van der Waals surface area (Å²) in [6.45, 7) is 0.268. The Bertz CT molecular complexity index is 1020. The number of hydrogen-bond donors (Lipinski definition) is 1. The Morgan fingerprint density at radius 3 is 2.46 bits per heavy atom. The fraction of sp³-hybridized carbons (Fsp3) is 0.0556. The fourth-order valence-electron chi connectivity index (χ4n) is 2.96. The Kier molecular flexibility index (Phi) is 4.26. The van der Waals surface area contributed by atoms with Gasteiger partial charge in [0.1, 0.15) is 0 Å². The van der Waals surface area contributed by atoms with E-state index >= 15 is 0 Å². The largest absolute Gasteiger partial charge is 0.303 e. The van der Waals surface area contributed by atoms with Crippen molar-refractivity contribution in [2.24, 2.45) is 0 Å². The van der Waals surface area contributed by atoms with Crippen molar-refractivity contribution in [1.29, 1.82) is 0 Å². The number of halogens is 2. The first kappa shape index (κ1) is 17.1. The number of carbonyl (C=O) groups excluding carboxylic acids is 3. The van der Waals surface area contributed by atoms with Crippen molar-refractivity contribution >= 4 is 63.3 Å². The third kappa shape index (κ3) is 2.80. The summed E-state index contributed by atoms with van der Waals surface area (Å²) in [6.07, 6.45) is 0. The van der Waals surface area contributed by atoms with Gasteiger partial charge < -0.3 is 4.90 Å². The lowest BCUT2D eigenvalue weighted by molar-refractivity contribution is -0.116. The molecule has 0 spiro atoms. The number of nitrogens with zero attached hydrogens (tertiary/aromatic N) is 1. The SMILES string of the molecule is O=C1NC(=O)C(=C2C(=O)N(Cc3ccc(Cl)c(Cl)c3)c3ccccc32)S1. The van der Waals surface area contributed by atoms with Crippen LogP contribution in [0.2, 0.25) is 10.0 Å². The summed E-state index contributed by atoms with van der Waals surface area (Å²) < 4.78 is 0. The Hall–Kier alpha value is -2.28. The van der Waals surface area contributed by atoms with Crippen molar-refractivity contribution in [2.75, 3.05) is 4.90 Å². The van der Waals surface area contributed by atoms with Crippen molar-refractivity contribution in [3.63, 3.8) is 0 Å². The van der Waals surface area contributed by atoms with Crippen LogP contribution in [-0.4, -0.2) is 17.1 Å². The van der Waals surface area contributed by atoms with Gasteiger partial charge >= 0.3 is 0 Å². The summed E-state index contributed by atoms with van der Waals surface area (Å²) in [5.74, 6) is -0.876. The molecular formula is C18H10Cl2N2O3S. The minimum Gasteiger partial charge on any atom is -0.303 e. The molecule has 2 aromatic carbocycles. The number of anilines is 1. The number of amides is 3. The van der Waals surface area contributed by atoms with E-state index in [0.717, 1.165) is 17.3 Å². The van der Waals surface area contributed by atoms with E-state index in [-0.39, 0.29) is 22.9 Å². The first-order chi connectivity index (χ1) is 12.5. The van der Waals surface area contributed by atoms with E-state index in [1.54, 1.807) is 41.3 Å². The molecule has 3 amide bonds. The number of hydrogen-bond acceptors (Lipinski definition) is 4. The van der Waals surface area contributed by atoms with Gasteiger partial charge in [0.05, 0.1) is 32.8 Å². The van der Waals surface area contributed by atoms with Crippen molar-refractivity contribution in [1.82, 2.24) is 5.32 Å². The minimum atomic E-state index is -0.547. The summed E-state index contributed by atoms with van der Waals surface area (Å²) >= 11 is 12.8. The zero-order valence-electron chi connectivity index (χ0n) is 13.1. The number of carbonyl (C=O) groups is 3. The van der Waals surface area contributed by atoms with Crippen LogP contribution in [-0.2, 0) is 16.1 Å². The molecule has 0 atom stereocenters. The van der Waals surface area contributed by atoms with Crippen LogP contribution < -0.4 is 10.2 Å². The Morgan fingerprint density at radius 1 is 1.00 bits per heavy atom. The molecule has 2 aliphatic rings. The summed E-state index contributed by atoms with van der Waals surface area (Å²) in [6, 6.07) is 12.3. The van der Waals surface area contributed by atoms with Gasteiger partial charge in [-0.3, -0.25) is 19.7 Å². The first-order valence-electron chi connectivity index (χ1n) is 7.58. The average Bonchev–Trinajstić information content (AvgIpc) is 3.07. The van der Waals surface area contributed by atoms with Gasteiger partial charge in [0, 0.05) is 5.56 Å². The molecule has 0 aromatic heterocycles. The van der Waals surface area contributed by atoms with Gasteiger partial charge in [-0.15, -0.1) is 0 Å². The van der Waals surface area contributed by atoms with E-state index in [0.29, 0.717) is 21.3 Å². The summed E-state index contributed by atoms with van der Waals surface area (Å²) in [4.78, 5) is 38.3. The number of thioether (sulfide) groups is 1. The summed E-state index contributed by atoms with van der Waals surface area (Å²) in [5.41, 5.74) is 2.35. The molecule has 5 nitrogen and oxygen atoms in total. The maximum absolute atomic E-state index is 13.1. The van der Waals surface area contributed by atoms with E-state index < -0.39 is 11.1 Å². The topological polar surface area (TPSA) is 66.5 Å². The van der Waals surface area contributed by atoms with Gasteiger partial charge in [-0.2, -0.15) is 0 Å². The lowest BCUT2D eigenvalue weighted by Crippen LogP contribution is -2.26. The van der Waals surface area contributed by atoms with Gasteiger partial charge in [0.15, 0.2) is 0 Å².